The standard InChI is InChI=1S/C11H17F3N4/c1-7-9(15-3)16-8(2)17-10(7)18(4)6-5-11(12,13)14/h5-6H2,1-4H3,(H,15,16,17). The molecule has 0 fully saturated rings. The largest absolute Gasteiger partial charge is 0.390 e. The molecule has 0 spiro atoms. The van der Waals surface area contributed by atoms with Gasteiger partial charge in [-0.15, -0.1) is 0 Å². The molecule has 4 nitrogen and oxygen atoms in total. The molecule has 0 atom stereocenters. The smallest absolute Gasteiger partial charge is 0.373 e. The number of alkyl halides is 3. The number of nitrogens with zero attached hydrogens (tertiary/aromatic N) is 3. The Balaban J connectivity index is 2.91. The molecule has 0 bridgehead atoms. The van der Waals surface area contributed by atoms with E-state index in [2.05, 4.69) is 15.3 Å². The van der Waals surface area contributed by atoms with Gasteiger partial charge in [0, 0.05) is 26.2 Å². The van der Waals surface area contributed by atoms with Crippen molar-refractivity contribution in [2.45, 2.75) is 26.4 Å². The van der Waals surface area contributed by atoms with Crippen LogP contribution in [0.5, 0.6) is 0 Å². The van der Waals surface area contributed by atoms with Gasteiger partial charge in [-0.05, 0) is 13.8 Å². The van der Waals surface area contributed by atoms with E-state index in [0.29, 0.717) is 17.5 Å². The molecule has 102 valence electrons. The van der Waals surface area contributed by atoms with Crippen molar-refractivity contribution in [2.75, 3.05) is 30.9 Å². The molecule has 1 aromatic rings. The molecular formula is C11H17F3N4. The van der Waals surface area contributed by atoms with Crippen LogP contribution in [0.15, 0.2) is 0 Å². The molecular weight excluding hydrogens is 245 g/mol. The molecule has 0 aliphatic carbocycles. The fourth-order valence-corrected chi connectivity index (χ4v) is 1.63. The van der Waals surface area contributed by atoms with Gasteiger partial charge in [-0.3, -0.25) is 0 Å². The summed E-state index contributed by atoms with van der Waals surface area (Å²) in [4.78, 5) is 9.86. The van der Waals surface area contributed by atoms with Crippen LogP contribution in [-0.2, 0) is 0 Å². The molecule has 0 aliphatic rings. The second-order valence-corrected chi connectivity index (χ2v) is 4.10. The van der Waals surface area contributed by atoms with Crippen LogP contribution < -0.4 is 10.2 Å². The van der Waals surface area contributed by atoms with E-state index in [4.69, 9.17) is 0 Å². The molecule has 1 N–H and O–H groups in total. The third-order valence-corrected chi connectivity index (χ3v) is 2.56. The van der Waals surface area contributed by atoms with Crippen LogP contribution in [0.25, 0.3) is 0 Å². The lowest BCUT2D eigenvalue weighted by atomic mass is 10.2. The average Bonchev–Trinajstić information content (AvgIpc) is 2.27. The predicted molar refractivity (Wildman–Crippen MR) is 65.0 cm³/mol. The number of rotatable bonds is 4. The third kappa shape index (κ3) is 3.75. The molecule has 0 saturated carbocycles. The summed E-state index contributed by atoms with van der Waals surface area (Å²) in [5, 5.41) is 2.90. The summed E-state index contributed by atoms with van der Waals surface area (Å²) in [5.41, 5.74) is 0.743. The Bertz CT molecular complexity index is 417. The van der Waals surface area contributed by atoms with Gasteiger partial charge in [0.25, 0.3) is 0 Å². The van der Waals surface area contributed by atoms with E-state index in [-0.39, 0.29) is 6.54 Å². The van der Waals surface area contributed by atoms with E-state index in [1.54, 1.807) is 27.9 Å². The molecule has 18 heavy (non-hydrogen) atoms. The number of aromatic nitrogens is 2. The Morgan fingerprint density at radius 1 is 1.22 bits per heavy atom. The van der Waals surface area contributed by atoms with Crippen LogP contribution in [-0.4, -0.2) is 36.8 Å². The normalized spacial score (nSPS) is 11.5. The maximum atomic E-state index is 12.2. The predicted octanol–water partition coefficient (Wildman–Crippen LogP) is 2.52. The number of halogens is 3. The van der Waals surface area contributed by atoms with Gasteiger partial charge in [-0.1, -0.05) is 0 Å². The Hall–Kier alpha value is -1.53. The second-order valence-electron chi connectivity index (χ2n) is 4.10. The first kappa shape index (κ1) is 14.5. The van der Waals surface area contributed by atoms with Crippen LogP contribution in [0.1, 0.15) is 17.8 Å². The van der Waals surface area contributed by atoms with Crippen molar-refractivity contribution < 1.29 is 13.2 Å². The van der Waals surface area contributed by atoms with Crippen LogP contribution in [0.3, 0.4) is 0 Å². The van der Waals surface area contributed by atoms with Gasteiger partial charge < -0.3 is 10.2 Å². The average molecular weight is 262 g/mol. The number of aryl methyl sites for hydroxylation is 1. The van der Waals surface area contributed by atoms with Gasteiger partial charge in [-0.2, -0.15) is 13.2 Å². The molecule has 0 aromatic carbocycles. The molecule has 1 heterocycles. The third-order valence-electron chi connectivity index (χ3n) is 2.56. The highest BCUT2D eigenvalue weighted by Gasteiger charge is 2.27. The SMILES string of the molecule is CNc1nc(C)nc(N(C)CCC(F)(F)F)c1C. The summed E-state index contributed by atoms with van der Waals surface area (Å²) in [6.07, 6.45) is -5.02. The zero-order valence-corrected chi connectivity index (χ0v) is 10.9. The van der Waals surface area contributed by atoms with E-state index in [1.807, 2.05) is 0 Å². The van der Waals surface area contributed by atoms with Gasteiger partial charge in [-0.25, -0.2) is 9.97 Å². The van der Waals surface area contributed by atoms with Crippen LogP contribution >= 0.6 is 0 Å². The minimum Gasteiger partial charge on any atom is -0.373 e. The second kappa shape index (κ2) is 5.41. The van der Waals surface area contributed by atoms with Crippen LogP contribution in [0.4, 0.5) is 24.8 Å². The van der Waals surface area contributed by atoms with Gasteiger partial charge in [0.05, 0.1) is 6.42 Å². The number of hydrogen-bond acceptors (Lipinski definition) is 4. The molecule has 0 saturated heterocycles. The van der Waals surface area contributed by atoms with Gasteiger partial charge in [0.15, 0.2) is 0 Å². The van der Waals surface area contributed by atoms with Crippen molar-refractivity contribution in [2.24, 2.45) is 0 Å². The Labute approximate surface area is 104 Å². The Kier molecular flexibility index (Phi) is 4.37. The van der Waals surface area contributed by atoms with Crippen molar-refractivity contribution in [1.82, 2.24) is 9.97 Å². The monoisotopic (exact) mass is 262 g/mol. The lowest BCUT2D eigenvalue weighted by Crippen LogP contribution is -2.26. The molecule has 1 rings (SSSR count). The maximum Gasteiger partial charge on any atom is 0.390 e. The van der Waals surface area contributed by atoms with Crippen LogP contribution in [0, 0.1) is 13.8 Å². The van der Waals surface area contributed by atoms with E-state index in [1.165, 1.54) is 4.90 Å². The van der Waals surface area contributed by atoms with Crippen molar-refractivity contribution in [3.05, 3.63) is 11.4 Å². The van der Waals surface area contributed by atoms with Crippen LogP contribution in [0.2, 0.25) is 0 Å². The van der Waals surface area contributed by atoms with Gasteiger partial charge >= 0.3 is 6.18 Å². The summed E-state index contributed by atoms with van der Waals surface area (Å²) in [6, 6.07) is 0. The first-order valence-corrected chi connectivity index (χ1v) is 5.55. The van der Waals surface area contributed by atoms with Crippen molar-refractivity contribution in [1.29, 1.82) is 0 Å². The first-order valence-electron chi connectivity index (χ1n) is 5.55. The molecule has 0 radical (unpaired) electrons. The fraction of sp³-hybridized carbons (Fsp3) is 0.636. The molecule has 1 aromatic heterocycles. The highest BCUT2D eigenvalue weighted by atomic mass is 19.4. The summed E-state index contributed by atoms with van der Waals surface area (Å²) in [5.74, 6) is 1.69. The zero-order valence-electron chi connectivity index (χ0n) is 10.9. The molecule has 7 heteroatoms. The van der Waals surface area contributed by atoms with E-state index in [9.17, 15) is 13.2 Å². The van der Waals surface area contributed by atoms with E-state index in [0.717, 1.165) is 5.56 Å². The number of hydrogen-bond donors (Lipinski definition) is 1. The number of anilines is 2. The summed E-state index contributed by atoms with van der Waals surface area (Å²) < 4.78 is 36.6. The van der Waals surface area contributed by atoms with Crippen molar-refractivity contribution >= 4 is 11.6 Å². The summed E-state index contributed by atoms with van der Waals surface area (Å²) in [6.45, 7) is 3.37. The van der Waals surface area contributed by atoms with Gasteiger partial charge in [0.2, 0.25) is 0 Å². The van der Waals surface area contributed by atoms with Crippen molar-refractivity contribution in [3.8, 4) is 0 Å². The minimum absolute atomic E-state index is 0.121. The first-order chi connectivity index (χ1) is 8.24. The highest BCUT2D eigenvalue weighted by molar-refractivity contribution is 5.58. The van der Waals surface area contributed by atoms with E-state index >= 15 is 0 Å². The maximum absolute atomic E-state index is 12.2. The van der Waals surface area contributed by atoms with Crippen molar-refractivity contribution in [3.63, 3.8) is 0 Å². The topological polar surface area (TPSA) is 41.1 Å². The molecule has 0 amide bonds. The lowest BCUT2D eigenvalue weighted by molar-refractivity contribution is -0.132. The fourth-order valence-electron chi connectivity index (χ4n) is 1.63. The Morgan fingerprint density at radius 2 is 1.83 bits per heavy atom. The zero-order chi connectivity index (χ0) is 13.9. The van der Waals surface area contributed by atoms with Gasteiger partial charge in [0.1, 0.15) is 17.5 Å². The summed E-state index contributed by atoms with van der Waals surface area (Å²) in [7, 11) is 3.31. The molecule has 0 aliphatic heterocycles. The highest BCUT2D eigenvalue weighted by Crippen LogP contribution is 2.25. The number of nitrogens with one attached hydrogen (secondary N) is 1. The quantitative estimate of drug-likeness (QED) is 0.905. The Morgan fingerprint density at radius 3 is 2.33 bits per heavy atom. The van der Waals surface area contributed by atoms with E-state index < -0.39 is 12.6 Å². The minimum atomic E-state index is -4.16. The summed E-state index contributed by atoms with van der Waals surface area (Å²) >= 11 is 0. The molecule has 0 unspecified atom stereocenters. The lowest BCUT2D eigenvalue weighted by Gasteiger charge is -2.22.